The van der Waals surface area contributed by atoms with Crippen molar-refractivity contribution >= 4 is 23.3 Å². The Morgan fingerprint density at radius 1 is 1.04 bits per heavy atom. The molecule has 0 saturated carbocycles. The normalized spacial score (nSPS) is 12.1. The van der Waals surface area contributed by atoms with E-state index in [1.807, 2.05) is 4.90 Å². The molecule has 0 aromatic carbocycles. The lowest BCUT2D eigenvalue weighted by atomic mass is 10.1. The molecule has 0 heterocycles. The van der Waals surface area contributed by atoms with Crippen LogP contribution in [0.25, 0.3) is 0 Å². The van der Waals surface area contributed by atoms with Crippen molar-refractivity contribution < 1.29 is 15.0 Å². The van der Waals surface area contributed by atoms with Gasteiger partial charge >= 0.3 is 5.97 Å². The molecule has 0 radical (unpaired) electrons. The minimum absolute atomic E-state index is 0.217. The van der Waals surface area contributed by atoms with E-state index < -0.39 is 5.97 Å². The zero-order valence-corrected chi connectivity index (χ0v) is 15.3. The number of hydrogen-bond acceptors (Lipinski definition) is 3. The minimum atomic E-state index is -0.729. The van der Waals surface area contributed by atoms with Gasteiger partial charge in [-0.1, -0.05) is 39.0 Å². The molecule has 0 saturated heterocycles. The first-order valence-corrected chi connectivity index (χ1v) is 9.32. The molecule has 0 aromatic rings. The summed E-state index contributed by atoms with van der Waals surface area (Å²) in [4.78, 5) is 12.4. The van der Waals surface area contributed by atoms with Crippen LogP contribution in [0, 0.1) is 0 Å². The second-order valence-corrected chi connectivity index (χ2v) is 6.59. The molecule has 0 aliphatic carbocycles. The van der Waals surface area contributed by atoms with Crippen molar-refractivity contribution in [2.75, 3.05) is 13.1 Å². The predicted octanol–water partition coefficient (Wildman–Crippen LogP) is 3.29. The Morgan fingerprint density at radius 3 is 2.26 bits per heavy atom. The van der Waals surface area contributed by atoms with Crippen LogP contribution in [0.15, 0.2) is 0 Å². The highest BCUT2D eigenvalue weighted by Crippen LogP contribution is 2.10. The first-order valence-electron chi connectivity index (χ1n) is 8.91. The van der Waals surface area contributed by atoms with E-state index in [1.54, 1.807) is 0 Å². The molecule has 4 N–H and O–H groups in total. The van der Waals surface area contributed by atoms with Crippen LogP contribution in [-0.2, 0) is 4.79 Å². The molecule has 23 heavy (non-hydrogen) atoms. The van der Waals surface area contributed by atoms with Gasteiger partial charge in [-0.05, 0) is 44.3 Å². The van der Waals surface area contributed by atoms with Crippen LogP contribution in [-0.4, -0.2) is 45.4 Å². The summed E-state index contributed by atoms with van der Waals surface area (Å²) in [6.45, 7) is 3.76. The molecular formula is C17H34N2O3S. The summed E-state index contributed by atoms with van der Waals surface area (Å²) < 4.78 is 0. The van der Waals surface area contributed by atoms with Gasteiger partial charge in [0.15, 0.2) is 5.11 Å². The number of nitrogens with zero attached hydrogens (tertiary/aromatic N) is 1. The van der Waals surface area contributed by atoms with Crippen LogP contribution in [0.5, 0.6) is 0 Å². The topological polar surface area (TPSA) is 86.8 Å². The molecular weight excluding hydrogens is 312 g/mol. The Balaban J connectivity index is 3.73. The quantitative estimate of drug-likeness (QED) is 0.311. The molecule has 5 nitrogen and oxygen atoms in total. The number of carboxylic acid groups (broad SMARTS) is 1. The minimum Gasteiger partial charge on any atom is -0.481 e. The number of thiocarbonyl (C=S) groups is 1. The van der Waals surface area contributed by atoms with E-state index in [1.165, 1.54) is 12.8 Å². The van der Waals surface area contributed by atoms with Gasteiger partial charge in [-0.3, -0.25) is 4.79 Å². The lowest BCUT2D eigenvalue weighted by molar-refractivity contribution is -0.137. The number of carboxylic acids is 1. The van der Waals surface area contributed by atoms with Gasteiger partial charge in [-0.2, -0.15) is 0 Å². The lowest BCUT2D eigenvalue weighted by Crippen LogP contribution is -2.37. The van der Waals surface area contributed by atoms with Crippen LogP contribution in [0.1, 0.15) is 77.6 Å². The molecule has 1 atom stereocenters. The molecule has 6 heteroatoms. The largest absolute Gasteiger partial charge is 0.481 e. The van der Waals surface area contributed by atoms with Crippen LogP contribution < -0.4 is 5.73 Å². The third-order valence-electron chi connectivity index (χ3n) is 3.99. The van der Waals surface area contributed by atoms with Gasteiger partial charge < -0.3 is 20.8 Å². The highest BCUT2D eigenvalue weighted by atomic mass is 32.1. The number of aliphatic hydroxyl groups excluding tert-OH is 1. The fraction of sp³-hybridized carbons (Fsp3) is 0.882. The molecule has 0 rings (SSSR count). The fourth-order valence-electron chi connectivity index (χ4n) is 2.56. The van der Waals surface area contributed by atoms with Crippen molar-refractivity contribution in [1.82, 2.24) is 4.90 Å². The summed E-state index contributed by atoms with van der Waals surface area (Å²) in [6, 6.07) is 0. The Kier molecular flexibility index (Phi) is 14.1. The third-order valence-corrected chi connectivity index (χ3v) is 4.24. The number of nitrogens with two attached hydrogens (primary N) is 1. The van der Waals surface area contributed by atoms with Crippen molar-refractivity contribution in [2.24, 2.45) is 5.73 Å². The van der Waals surface area contributed by atoms with E-state index in [-0.39, 0.29) is 12.5 Å². The molecule has 0 aromatic heterocycles. The average molecular weight is 347 g/mol. The van der Waals surface area contributed by atoms with E-state index in [0.717, 1.165) is 64.5 Å². The van der Waals surface area contributed by atoms with Crippen molar-refractivity contribution in [3.63, 3.8) is 0 Å². The summed E-state index contributed by atoms with van der Waals surface area (Å²) in [6.07, 6.45) is 9.65. The number of rotatable bonds is 15. The van der Waals surface area contributed by atoms with Crippen molar-refractivity contribution in [3.05, 3.63) is 0 Å². The number of carbonyl (C=O) groups is 1. The maximum atomic E-state index is 10.4. The second kappa shape index (κ2) is 14.7. The molecule has 0 bridgehead atoms. The molecule has 1 unspecified atom stereocenters. The SMILES string of the molecule is CCCCCC(O)CCCN(CCCCCCC(=O)O)C(N)=S. The number of unbranched alkanes of at least 4 members (excludes halogenated alkanes) is 5. The maximum Gasteiger partial charge on any atom is 0.303 e. The smallest absolute Gasteiger partial charge is 0.303 e. The Morgan fingerprint density at radius 2 is 1.65 bits per heavy atom. The summed E-state index contributed by atoms with van der Waals surface area (Å²) in [7, 11) is 0. The Labute approximate surface area is 146 Å². The standard InChI is InChI=1S/C17H34N2O3S/c1-2-3-6-10-15(20)11-9-14-19(17(18)23)13-8-5-4-7-12-16(21)22/h15,20H,2-14H2,1H3,(H2,18,23)(H,21,22). The predicted molar refractivity (Wildman–Crippen MR) is 98.5 cm³/mol. The zero-order valence-electron chi connectivity index (χ0n) is 14.5. The van der Waals surface area contributed by atoms with Crippen molar-refractivity contribution in [1.29, 1.82) is 0 Å². The second-order valence-electron chi connectivity index (χ2n) is 6.18. The van der Waals surface area contributed by atoms with Crippen molar-refractivity contribution in [2.45, 2.75) is 83.7 Å². The maximum absolute atomic E-state index is 10.4. The molecule has 0 aliphatic rings. The lowest BCUT2D eigenvalue weighted by Gasteiger charge is -2.23. The van der Waals surface area contributed by atoms with Gasteiger partial charge in [-0.25, -0.2) is 0 Å². The first kappa shape index (κ1) is 22.1. The van der Waals surface area contributed by atoms with Crippen LogP contribution >= 0.6 is 12.2 Å². The van der Waals surface area contributed by atoms with Gasteiger partial charge in [0.25, 0.3) is 0 Å². The summed E-state index contributed by atoms with van der Waals surface area (Å²) in [5, 5.41) is 18.9. The van der Waals surface area contributed by atoms with E-state index >= 15 is 0 Å². The molecule has 0 fully saturated rings. The van der Waals surface area contributed by atoms with Gasteiger partial charge in [0.1, 0.15) is 0 Å². The van der Waals surface area contributed by atoms with Crippen molar-refractivity contribution in [3.8, 4) is 0 Å². The van der Waals surface area contributed by atoms with Gasteiger partial charge in [-0.15, -0.1) is 0 Å². The average Bonchev–Trinajstić information content (AvgIpc) is 2.48. The highest BCUT2D eigenvalue weighted by Gasteiger charge is 2.09. The van der Waals surface area contributed by atoms with Gasteiger partial charge in [0, 0.05) is 19.5 Å². The highest BCUT2D eigenvalue weighted by molar-refractivity contribution is 7.80. The van der Waals surface area contributed by atoms with Gasteiger partial charge in [0.2, 0.25) is 0 Å². The van der Waals surface area contributed by atoms with Gasteiger partial charge in [0.05, 0.1) is 6.10 Å². The molecule has 0 amide bonds. The van der Waals surface area contributed by atoms with E-state index in [4.69, 9.17) is 23.1 Å². The Bertz CT molecular complexity index is 327. The Hall–Kier alpha value is -0.880. The molecule has 136 valence electrons. The summed E-state index contributed by atoms with van der Waals surface area (Å²) in [5.74, 6) is -0.729. The van der Waals surface area contributed by atoms with E-state index in [9.17, 15) is 9.90 Å². The molecule has 0 spiro atoms. The van der Waals surface area contributed by atoms with Crippen LogP contribution in [0.4, 0.5) is 0 Å². The summed E-state index contributed by atoms with van der Waals surface area (Å²) in [5.41, 5.74) is 5.75. The number of aliphatic hydroxyl groups is 1. The van der Waals surface area contributed by atoms with Crippen LogP contribution in [0.2, 0.25) is 0 Å². The molecule has 0 aliphatic heterocycles. The van der Waals surface area contributed by atoms with E-state index in [2.05, 4.69) is 6.92 Å². The van der Waals surface area contributed by atoms with Crippen LogP contribution in [0.3, 0.4) is 0 Å². The summed E-state index contributed by atoms with van der Waals surface area (Å²) >= 11 is 5.08. The number of hydrogen-bond donors (Lipinski definition) is 3. The third kappa shape index (κ3) is 14.4. The first-order chi connectivity index (χ1) is 11.0. The van der Waals surface area contributed by atoms with E-state index in [0.29, 0.717) is 5.11 Å². The fourth-order valence-corrected chi connectivity index (χ4v) is 2.74. The monoisotopic (exact) mass is 346 g/mol. The number of aliphatic carboxylic acids is 1. The zero-order chi connectivity index (χ0) is 17.5.